The standard InChI is InChI=1S/C58H56O14/c1-2-3-22-35-64-57-51(48(65-37-41-25-12-5-13-26-41)46(67-57)38-63-36-40-23-10-4-11-24-40)72-58-52(71-56(62)45-33-20-9-21-34-45)50(70-55(61)44-31-18-8-19-32-44)49(69-54(60)43-29-16-7-17-30-43)47(68-58)39-66-53(59)42-27-14-6-15-28-42/h2,4-21,23-34,46-52,57-58H,1,3,22,35-39H2/t46-,47-,48-,49-,50+,51+,52-,57+,58+/m1/s1. The number of unbranched alkanes of at least 4 members (excludes halogenated alkanes) is 1. The van der Waals surface area contributed by atoms with E-state index in [1.165, 1.54) is 0 Å². The number of esters is 4. The third-order valence-electron chi connectivity index (χ3n) is 11.8. The fraction of sp³-hybridized carbons (Fsp3) is 0.276. The summed E-state index contributed by atoms with van der Waals surface area (Å²) in [5, 5.41) is 0. The molecule has 0 radical (unpaired) electrons. The van der Waals surface area contributed by atoms with Crippen LogP contribution in [0.3, 0.4) is 0 Å². The number of benzene rings is 6. The van der Waals surface area contributed by atoms with Crippen molar-refractivity contribution in [1.82, 2.24) is 0 Å². The Hall–Kier alpha value is -7.30. The van der Waals surface area contributed by atoms with Crippen molar-refractivity contribution in [1.29, 1.82) is 0 Å². The summed E-state index contributed by atoms with van der Waals surface area (Å²) in [6.07, 6.45) is -8.96. The highest BCUT2D eigenvalue weighted by Gasteiger charge is 2.57. The minimum Gasteiger partial charge on any atom is -0.459 e. The van der Waals surface area contributed by atoms with Gasteiger partial charge in [-0.2, -0.15) is 0 Å². The highest BCUT2D eigenvalue weighted by atomic mass is 16.8. The third-order valence-corrected chi connectivity index (χ3v) is 11.8. The van der Waals surface area contributed by atoms with Crippen molar-refractivity contribution in [3.8, 4) is 0 Å². The molecule has 2 aliphatic heterocycles. The number of rotatable bonds is 23. The van der Waals surface area contributed by atoms with Gasteiger partial charge in [-0.05, 0) is 72.5 Å². The molecule has 372 valence electrons. The van der Waals surface area contributed by atoms with E-state index in [0.717, 1.165) is 11.1 Å². The molecule has 2 aliphatic rings. The molecule has 14 heteroatoms. The van der Waals surface area contributed by atoms with Crippen molar-refractivity contribution in [2.75, 3.05) is 19.8 Å². The lowest BCUT2D eigenvalue weighted by molar-refractivity contribution is -0.325. The van der Waals surface area contributed by atoms with E-state index in [1.54, 1.807) is 127 Å². The molecule has 2 saturated heterocycles. The molecular formula is C58H56O14. The summed E-state index contributed by atoms with van der Waals surface area (Å²) < 4.78 is 64.6. The lowest BCUT2D eigenvalue weighted by Crippen LogP contribution is -2.64. The van der Waals surface area contributed by atoms with Crippen molar-refractivity contribution in [3.05, 3.63) is 228 Å². The Bertz CT molecular complexity index is 2620. The van der Waals surface area contributed by atoms with Gasteiger partial charge in [-0.1, -0.05) is 140 Å². The fourth-order valence-corrected chi connectivity index (χ4v) is 8.16. The van der Waals surface area contributed by atoms with Crippen LogP contribution >= 0.6 is 0 Å². The maximum atomic E-state index is 14.3. The van der Waals surface area contributed by atoms with Gasteiger partial charge in [0.05, 0.1) is 48.7 Å². The van der Waals surface area contributed by atoms with E-state index in [0.29, 0.717) is 12.8 Å². The molecule has 0 spiro atoms. The Morgan fingerprint density at radius 3 is 1.39 bits per heavy atom. The monoisotopic (exact) mass is 976 g/mol. The van der Waals surface area contributed by atoms with Gasteiger partial charge >= 0.3 is 23.9 Å². The predicted octanol–water partition coefficient (Wildman–Crippen LogP) is 9.14. The zero-order chi connectivity index (χ0) is 49.9. The molecule has 0 aliphatic carbocycles. The second-order valence-corrected chi connectivity index (χ2v) is 16.9. The van der Waals surface area contributed by atoms with E-state index in [9.17, 15) is 19.2 Å². The lowest BCUT2D eigenvalue weighted by Gasteiger charge is -2.45. The molecule has 72 heavy (non-hydrogen) atoms. The highest BCUT2D eigenvalue weighted by Crippen LogP contribution is 2.37. The average Bonchev–Trinajstić information content (AvgIpc) is 3.75. The van der Waals surface area contributed by atoms with Crippen molar-refractivity contribution in [3.63, 3.8) is 0 Å². The van der Waals surface area contributed by atoms with Gasteiger partial charge in [-0.3, -0.25) is 0 Å². The van der Waals surface area contributed by atoms with Crippen LogP contribution < -0.4 is 0 Å². The Labute approximate surface area is 418 Å². The van der Waals surface area contributed by atoms with Crippen LogP contribution in [0, 0.1) is 0 Å². The number of hydrogen-bond acceptors (Lipinski definition) is 14. The largest absolute Gasteiger partial charge is 0.459 e. The van der Waals surface area contributed by atoms with Gasteiger partial charge < -0.3 is 47.4 Å². The normalized spacial score (nSPS) is 22.5. The van der Waals surface area contributed by atoms with Gasteiger partial charge in [0.1, 0.15) is 31.0 Å². The molecule has 0 amide bonds. The number of allylic oxidation sites excluding steroid dienone is 1. The molecule has 6 aromatic carbocycles. The molecule has 0 saturated carbocycles. The van der Waals surface area contributed by atoms with Crippen molar-refractivity contribution >= 4 is 23.9 Å². The summed E-state index contributed by atoms with van der Waals surface area (Å²) in [6.45, 7) is 3.96. The number of carbonyl (C=O) groups is 4. The summed E-state index contributed by atoms with van der Waals surface area (Å²) in [4.78, 5) is 56.4. The van der Waals surface area contributed by atoms with E-state index in [2.05, 4.69) is 6.58 Å². The molecule has 9 atom stereocenters. The quantitative estimate of drug-likeness (QED) is 0.0259. The first-order valence-electron chi connectivity index (χ1n) is 23.8. The zero-order valence-corrected chi connectivity index (χ0v) is 39.5. The van der Waals surface area contributed by atoms with Crippen molar-refractivity contribution in [2.45, 2.75) is 81.4 Å². The first-order chi connectivity index (χ1) is 35.3. The van der Waals surface area contributed by atoms with Crippen LogP contribution in [0.4, 0.5) is 0 Å². The average molecular weight is 977 g/mol. The summed E-state index contributed by atoms with van der Waals surface area (Å²) >= 11 is 0. The topological polar surface area (TPSA) is 161 Å². The van der Waals surface area contributed by atoms with E-state index >= 15 is 0 Å². The van der Waals surface area contributed by atoms with Crippen LogP contribution in [-0.4, -0.2) is 99.0 Å². The van der Waals surface area contributed by atoms with Crippen LogP contribution in [0.2, 0.25) is 0 Å². The lowest BCUT2D eigenvalue weighted by atomic mass is 9.97. The fourth-order valence-electron chi connectivity index (χ4n) is 8.16. The number of carbonyl (C=O) groups excluding carboxylic acids is 4. The van der Waals surface area contributed by atoms with Crippen LogP contribution in [0.15, 0.2) is 195 Å². The Morgan fingerprint density at radius 1 is 0.444 bits per heavy atom. The van der Waals surface area contributed by atoms with E-state index in [4.69, 9.17) is 47.4 Å². The molecule has 2 fully saturated rings. The molecule has 8 rings (SSSR count). The Balaban J connectivity index is 1.20. The van der Waals surface area contributed by atoms with Crippen LogP contribution in [0.5, 0.6) is 0 Å². The van der Waals surface area contributed by atoms with E-state index in [-0.39, 0.29) is 48.7 Å². The molecule has 2 heterocycles. The van der Waals surface area contributed by atoms with Gasteiger partial charge in [-0.25, -0.2) is 19.2 Å². The van der Waals surface area contributed by atoms with Gasteiger partial charge in [-0.15, -0.1) is 6.58 Å². The molecular weight excluding hydrogens is 921 g/mol. The number of hydrogen-bond donors (Lipinski definition) is 0. The molecule has 0 aromatic heterocycles. The first kappa shape index (κ1) is 51.1. The van der Waals surface area contributed by atoms with Gasteiger partial charge in [0.25, 0.3) is 0 Å². The summed E-state index contributed by atoms with van der Waals surface area (Å²) in [7, 11) is 0. The van der Waals surface area contributed by atoms with Crippen molar-refractivity contribution < 1.29 is 66.5 Å². The third kappa shape index (κ3) is 14.0. The molecule has 14 nitrogen and oxygen atoms in total. The second-order valence-electron chi connectivity index (χ2n) is 16.9. The zero-order valence-electron chi connectivity index (χ0n) is 39.5. The van der Waals surface area contributed by atoms with Gasteiger partial charge in [0.2, 0.25) is 0 Å². The van der Waals surface area contributed by atoms with Gasteiger partial charge in [0, 0.05) is 0 Å². The Morgan fingerprint density at radius 2 is 0.875 bits per heavy atom. The Kier molecular flexibility index (Phi) is 18.6. The van der Waals surface area contributed by atoms with Crippen LogP contribution in [0.1, 0.15) is 65.4 Å². The highest BCUT2D eigenvalue weighted by molar-refractivity contribution is 5.91. The minimum atomic E-state index is -1.68. The maximum absolute atomic E-state index is 14.3. The SMILES string of the molecule is C=CCCCO[C@H]1O[C@H](COCc2ccccc2)[C@@H](OCc2ccccc2)[C@@H]1O[C@@H]1O[C@H](COC(=O)c2ccccc2)[C@@H](OC(=O)c2ccccc2)[C@H](OC(=O)c2ccccc2)[C@H]1OC(=O)c1ccccc1. The van der Waals surface area contributed by atoms with Gasteiger partial charge in [0.15, 0.2) is 30.9 Å². The molecule has 0 bridgehead atoms. The second kappa shape index (κ2) is 26.2. The summed E-state index contributed by atoms with van der Waals surface area (Å²) in [5.41, 5.74) is 2.47. The maximum Gasteiger partial charge on any atom is 0.338 e. The predicted molar refractivity (Wildman–Crippen MR) is 262 cm³/mol. The first-order valence-corrected chi connectivity index (χ1v) is 23.8. The summed E-state index contributed by atoms with van der Waals surface area (Å²) in [5.74, 6) is -3.24. The molecule has 6 aromatic rings. The van der Waals surface area contributed by atoms with E-state index in [1.807, 2.05) is 60.7 Å². The van der Waals surface area contributed by atoms with Crippen LogP contribution in [0.25, 0.3) is 0 Å². The van der Waals surface area contributed by atoms with Crippen molar-refractivity contribution in [2.24, 2.45) is 0 Å². The molecule has 0 unspecified atom stereocenters. The van der Waals surface area contributed by atoms with Crippen LogP contribution in [-0.2, 0) is 60.6 Å². The van der Waals surface area contributed by atoms with E-state index < -0.39 is 85.8 Å². The minimum absolute atomic E-state index is 0.0472. The molecule has 0 N–H and O–H groups in total. The smallest absolute Gasteiger partial charge is 0.338 e. The number of ether oxygens (including phenoxy) is 10. The summed E-state index contributed by atoms with van der Waals surface area (Å²) in [6, 6.07) is 51.9.